The molecule has 0 bridgehead atoms. The van der Waals surface area contributed by atoms with Crippen LogP contribution in [0.3, 0.4) is 0 Å². The van der Waals surface area contributed by atoms with E-state index in [-0.39, 0.29) is 31.2 Å². The standard InChI is InChI=1S/C15H15N3O4S/c19-13(16-8-1-2-8)3-4-18-14(20)9-5-11-12(22-7-21-11)6-10(9)17-15(18)23/h5-6,8H,1-4,7H2,(H,16,19)(H,17,23). The van der Waals surface area contributed by atoms with Crippen LogP contribution in [0.25, 0.3) is 10.9 Å². The maximum Gasteiger partial charge on any atom is 0.262 e. The van der Waals surface area contributed by atoms with Gasteiger partial charge in [0.1, 0.15) is 0 Å². The lowest BCUT2D eigenvalue weighted by molar-refractivity contribution is -0.121. The minimum Gasteiger partial charge on any atom is -0.454 e. The number of nitrogens with zero attached hydrogens (tertiary/aromatic N) is 1. The molecule has 1 fully saturated rings. The predicted molar refractivity (Wildman–Crippen MR) is 85.3 cm³/mol. The van der Waals surface area contributed by atoms with Gasteiger partial charge in [0.25, 0.3) is 5.56 Å². The third-order valence-corrected chi connectivity index (χ3v) is 4.30. The third kappa shape index (κ3) is 2.70. The SMILES string of the molecule is O=C(CCn1c(=S)[nH]c2cc3c(cc2c1=O)OCO3)NC1CC1. The van der Waals surface area contributed by atoms with Crippen LogP contribution in [-0.4, -0.2) is 28.3 Å². The van der Waals surface area contributed by atoms with E-state index in [1.54, 1.807) is 12.1 Å². The lowest BCUT2D eigenvalue weighted by atomic mass is 10.2. The molecule has 0 atom stereocenters. The second-order valence-electron chi connectivity index (χ2n) is 5.73. The van der Waals surface area contributed by atoms with Gasteiger partial charge in [-0.25, -0.2) is 0 Å². The fraction of sp³-hybridized carbons (Fsp3) is 0.400. The van der Waals surface area contributed by atoms with Crippen molar-refractivity contribution in [2.45, 2.75) is 31.8 Å². The molecule has 2 aliphatic rings. The summed E-state index contributed by atoms with van der Waals surface area (Å²) in [6, 6.07) is 3.66. The van der Waals surface area contributed by atoms with E-state index in [4.69, 9.17) is 21.7 Å². The molecule has 0 unspecified atom stereocenters. The van der Waals surface area contributed by atoms with Gasteiger partial charge >= 0.3 is 0 Å². The number of ether oxygens (including phenoxy) is 2. The number of aromatic nitrogens is 2. The van der Waals surface area contributed by atoms with Gasteiger partial charge in [-0.1, -0.05) is 0 Å². The number of amides is 1. The Labute approximate surface area is 136 Å². The van der Waals surface area contributed by atoms with Gasteiger partial charge in [-0.05, 0) is 31.1 Å². The number of fused-ring (bicyclic) bond motifs is 2. The predicted octanol–water partition coefficient (Wildman–Crippen LogP) is 1.46. The molecule has 0 spiro atoms. The van der Waals surface area contributed by atoms with E-state index in [0.717, 1.165) is 12.8 Å². The van der Waals surface area contributed by atoms with Crippen molar-refractivity contribution < 1.29 is 14.3 Å². The number of hydrogen-bond donors (Lipinski definition) is 2. The molecule has 0 radical (unpaired) electrons. The van der Waals surface area contributed by atoms with E-state index < -0.39 is 0 Å². The first-order valence-electron chi connectivity index (χ1n) is 7.47. The summed E-state index contributed by atoms with van der Waals surface area (Å²) in [5.74, 6) is 1.07. The molecule has 0 saturated heterocycles. The highest BCUT2D eigenvalue weighted by Crippen LogP contribution is 2.34. The zero-order valence-corrected chi connectivity index (χ0v) is 13.1. The van der Waals surface area contributed by atoms with Crippen LogP contribution in [0.4, 0.5) is 0 Å². The molecule has 1 saturated carbocycles. The molecule has 4 rings (SSSR count). The van der Waals surface area contributed by atoms with Crippen LogP contribution in [0.15, 0.2) is 16.9 Å². The summed E-state index contributed by atoms with van der Waals surface area (Å²) in [4.78, 5) is 27.5. The lowest BCUT2D eigenvalue weighted by Crippen LogP contribution is -2.29. The first kappa shape index (κ1) is 14.3. The Morgan fingerprint density at radius 2 is 2.09 bits per heavy atom. The monoisotopic (exact) mass is 333 g/mol. The smallest absolute Gasteiger partial charge is 0.262 e. The third-order valence-electron chi connectivity index (χ3n) is 3.98. The van der Waals surface area contributed by atoms with Crippen molar-refractivity contribution in [2.24, 2.45) is 0 Å². The summed E-state index contributed by atoms with van der Waals surface area (Å²) in [7, 11) is 0. The molecule has 1 aromatic carbocycles. The van der Waals surface area contributed by atoms with Crippen molar-refractivity contribution in [1.82, 2.24) is 14.9 Å². The fourth-order valence-corrected chi connectivity index (χ4v) is 2.87. The molecule has 120 valence electrons. The first-order chi connectivity index (χ1) is 11.1. The fourth-order valence-electron chi connectivity index (χ4n) is 2.59. The van der Waals surface area contributed by atoms with Gasteiger partial charge in [0, 0.05) is 25.1 Å². The lowest BCUT2D eigenvalue weighted by Gasteiger charge is -2.09. The van der Waals surface area contributed by atoms with Gasteiger partial charge in [-0.3, -0.25) is 14.2 Å². The van der Waals surface area contributed by atoms with Crippen LogP contribution in [0.2, 0.25) is 0 Å². The molecular formula is C15H15N3O4S. The van der Waals surface area contributed by atoms with E-state index in [0.29, 0.717) is 33.2 Å². The van der Waals surface area contributed by atoms with Gasteiger partial charge in [-0.15, -0.1) is 0 Å². The molecule has 1 aliphatic heterocycles. The molecular weight excluding hydrogens is 318 g/mol. The van der Waals surface area contributed by atoms with Crippen molar-refractivity contribution >= 4 is 29.0 Å². The van der Waals surface area contributed by atoms with Crippen molar-refractivity contribution in [3.05, 3.63) is 27.3 Å². The van der Waals surface area contributed by atoms with Crippen molar-refractivity contribution in [2.75, 3.05) is 6.79 Å². The van der Waals surface area contributed by atoms with E-state index in [9.17, 15) is 9.59 Å². The van der Waals surface area contributed by atoms with E-state index in [1.165, 1.54) is 4.57 Å². The summed E-state index contributed by atoms with van der Waals surface area (Å²) >= 11 is 5.25. The maximum atomic E-state index is 12.6. The normalized spacial score (nSPS) is 15.8. The Morgan fingerprint density at radius 1 is 1.35 bits per heavy atom. The van der Waals surface area contributed by atoms with Crippen molar-refractivity contribution in [3.8, 4) is 11.5 Å². The highest BCUT2D eigenvalue weighted by molar-refractivity contribution is 7.71. The maximum absolute atomic E-state index is 12.6. The minimum atomic E-state index is -0.235. The number of carbonyl (C=O) groups is 1. The Kier molecular flexibility index (Phi) is 3.33. The summed E-state index contributed by atoms with van der Waals surface area (Å²) in [6.45, 7) is 0.388. The van der Waals surface area contributed by atoms with E-state index >= 15 is 0 Å². The van der Waals surface area contributed by atoms with Gasteiger partial charge in [0.2, 0.25) is 12.7 Å². The largest absolute Gasteiger partial charge is 0.454 e. The first-order valence-corrected chi connectivity index (χ1v) is 7.88. The zero-order valence-electron chi connectivity index (χ0n) is 12.3. The van der Waals surface area contributed by atoms with Crippen LogP contribution in [0.5, 0.6) is 11.5 Å². The summed E-state index contributed by atoms with van der Waals surface area (Å²) in [5, 5.41) is 3.36. The Balaban J connectivity index is 1.66. The number of H-pyrrole nitrogens is 1. The molecule has 1 amide bonds. The average Bonchev–Trinajstić information content (AvgIpc) is 3.20. The second-order valence-corrected chi connectivity index (χ2v) is 6.12. The number of aromatic amines is 1. The van der Waals surface area contributed by atoms with Gasteiger partial charge < -0.3 is 19.8 Å². The number of carbonyl (C=O) groups excluding carboxylic acids is 1. The Hall–Kier alpha value is -2.35. The molecule has 2 aromatic rings. The van der Waals surface area contributed by atoms with Gasteiger partial charge in [-0.2, -0.15) is 0 Å². The Bertz CT molecular complexity index is 913. The van der Waals surface area contributed by atoms with Crippen LogP contribution in [0.1, 0.15) is 19.3 Å². The number of rotatable bonds is 4. The molecule has 1 aromatic heterocycles. The van der Waals surface area contributed by atoms with Crippen molar-refractivity contribution in [3.63, 3.8) is 0 Å². The minimum absolute atomic E-state index is 0.0559. The van der Waals surface area contributed by atoms with E-state index in [2.05, 4.69) is 10.3 Å². The quantitative estimate of drug-likeness (QED) is 0.828. The van der Waals surface area contributed by atoms with Crippen LogP contribution < -0.4 is 20.3 Å². The summed E-state index contributed by atoms with van der Waals surface area (Å²) < 4.78 is 12.3. The number of nitrogens with one attached hydrogen (secondary N) is 2. The summed E-state index contributed by atoms with van der Waals surface area (Å²) in [6.07, 6.45) is 2.30. The van der Waals surface area contributed by atoms with Gasteiger partial charge in [0.15, 0.2) is 16.3 Å². The van der Waals surface area contributed by atoms with Crippen molar-refractivity contribution in [1.29, 1.82) is 0 Å². The molecule has 2 heterocycles. The van der Waals surface area contributed by atoms with Crippen LogP contribution >= 0.6 is 12.2 Å². The number of benzene rings is 1. The zero-order chi connectivity index (χ0) is 16.0. The molecule has 7 nitrogen and oxygen atoms in total. The Morgan fingerprint density at radius 3 is 2.83 bits per heavy atom. The second kappa shape index (κ2) is 5.38. The van der Waals surface area contributed by atoms with Crippen LogP contribution in [0, 0.1) is 4.77 Å². The molecule has 1 aliphatic carbocycles. The summed E-state index contributed by atoms with van der Waals surface area (Å²) in [5.41, 5.74) is 0.365. The number of hydrogen-bond acceptors (Lipinski definition) is 5. The average molecular weight is 333 g/mol. The molecule has 8 heteroatoms. The topological polar surface area (TPSA) is 85.4 Å². The molecule has 2 N–H and O–H groups in total. The van der Waals surface area contributed by atoms with Gasteiger partial charge in [0.05, 0.1) is 10.9 Å². The highest BCUT2D eigenvalue weighted by Gasteiger charge is 2.23. The van der Waals surface area contributed by atoms with Crippen LogP contribution in [-0.2, 0) is 11.3 Å². The molecule has 23 heavy (non-hydrogen) atoms. The highest BCUT2D eigenvalue weighted by atomic mass is 32.1. The van der Waals surface area contributed by atoms with E-state index in [1.807, 2.05) is 0 Å².